The first-order valence-electron chi connectivity index (χ1n) is 3.17. The summed E-state index contributed by atoms with van der Waals surface area (Å²) in [4.78, 5) is 17.6. The molecule has 0 unspecified atom stereocenters. The van der Waals surface area contributed by atoms with Crippen molar-refractivity contribution < 1.29 is 4.92 Å². The lowest BCUT2D eigenvalue weighted by Gasteiger charge is -1.96. The molecule has 1 aromatic rings. The van der Waals surface area contributed by atoms with Crippen LogP contribution in [0.25, 0.3) is 0 Å². The predicted octanol–water partition coefficient (Wildman–Crippen LogP) is 1.42. The van der Waals surface area contributed by atoms with Crippen molar-refractivity contribution in [2.24, 2.45) is 0 Å². The van der Waals surface area contributed by atoms with Gasteiger partial charge in [-0.2, -0.15) is 0 Å². The number of nitrogens with zero attached hydrogens (tertiary/aromatic N) is 3. The third kappa shape index (κ3) is 1.70. The van der Waals surface area contributed by atoms with E-state index in [1.807, 2.05) is 6.26 Å². The van der Waals surface area contributed by atoms with Gasteiger partial charge in [0.2, 0.25) is 0 Å². The molecule has 0 amide bonds. The molecular weight excluding hydrogens is 178 g/mol. The molecular formula is C6H7N3O2S. The second-order valence-electron chi connectivity index (χ2n) is 2.08. The normalized spacial score (nSPS) is 9.83. The van der Waals surface area contributed by atoms with E-state index in [0.29, 0.717) is 10.9 Å². The quantitative estimate of drug-likeness (QED) is 0.301. The maximum Gasteiger partial charge on any atom is 0.308 e. The summed E-state index contributed by atoms with van der Waals surface area (Å²) in [5.41, 5.74) is 0.368. The zero-order chi connectivity index (χ0) is 9.14. The number of rotatable bonds is 2. The third-order valence-electron chi connectivity index (χ3n) is 1.31. The molecule has 0 atom stereocenters. The van der Waals surface area contributed by atoms with Gasteiger partial charge in [0.15, 0.2) is 5.16 Å². The number of aromatic nitrogens is 2. The Bertz CT molecular complexity index is 316. The number of thioether (sulfide) groups is 1. The number of hydrogen-bond donors (Lipinski definition) is 0. The van der Waals surface area contributed by atoms with Crippen molar-refractivity contribution in [2.75, 3.05) is 6.26 Å². The van der Waals surface area contributed by atoms with Gasteiger partial charge in [-0.3, -0.25) is 10.1 Å². The van der Waals surface area contributed by atoms with Crippen LogP contribution < -0.4 is 0 Å². The Labute approximate surface area is 73.4 Å². The van der Waals surface area contributed by atoms with E-state index < -0.39 is 4.92 Å². The van der Waals surface area contributed by atoms with E-state index in [9.17, 15) is 10.1 Å². The topological polar surface area (TPSA) is 68.9 Å². The molecule has 5 nitrogen and oxygen atoms in total. The fraction of sp³-hybridized carbons (Fsp3) is 0.333. The van der Waals surface area contributed by atoms with Crippen LogP contribution in [0.15, 0.2) is 11.4 Å². The summed E-state index contributed by atoms with van der Waals surface area (Å²) >= 11 is 1.36. The molecule has 6 heteroatoms. The molecule has 0 saturated carbocycles. The second-order valence-corrected chi connectivity index (χ2v) is 2.86. The highest BCUT2D eigenvalue weighted by Crippen LogP contribution is 2.16. The SMILES string of the molecule is CSc1ncc([N+](=O)[O-])c(C)n1. The van der Waals surface area contributed by atoms with Gasteiger partial charge in [0.25, 0.3) is 0 Å². The summed E-state index contributed by atoms with van der Waals surface area (Å²) in [6.45, 7) is 1.60. The zero-order valence-corrected chi connectivity index (χ0v) is 7.46. The summed E-state index contributed by atoms with van der Waals surface area (Å²) in [6.07, 6.45) is 3.05. The largest absolute Gasteiger partial charge is 0.308 e. The number of hydrogen-bond acceptors (Lipinski definition) is 5. The van der Waals surface area contributed by atoms with Gasteiger partial charge >= 0.3 is 5.69 Å². The highest BCUT2D eigenvalue weighted by atomic mass is 32.2. The Morgan fingerprint density at radius 3 is 2.75 bits per heavy atom. The fourth-order valence-corrected chi connectivity index (χ4v) is 1.10. The van der Waals surface area contributed by atoms with Crippen molar-refractivity contribution in [2.45, 2.75) is 12.1 Å². The van der Waals surface area contributed by atoms with Gasteiger partial charge in [0, 0.05) is 0 Å². The second kappa shape index (κ2) is 3.48. The van der Waals surface area contributed by atoms with Crippen LogP contribution >= 0.6 is 11.8 Å². The van der Waals surface area contributed by atoms with E-state index in [0.717, 1.165) is 0 Å². The van der Waals surface area contributed by atoms with Crippen LogP contribution in [0, 0.1) is 17.0 Å². The van der Waals surface area contributed by atoms with Crippen molar-refractivity contribution in [3.63, 3.8) is 0 Å². The monoisotopic (exact) mass is 185 g/mol. The molecule has 0 aliphatic rings. The maximum absolute atomic E-state index is 10.3. The van der Waals surface area contributed by atoms with Gasteiger partial charge in [-0.1, -0.05) is 11.8 Å². The van der Waals surface area contributed by atoms with Crippen LogP contribution in [-0.2, 0) is 0 Å². The van der Waals surface area contributed by atoms with Gasteiger partial charge in [-0.05, 0) is 13.2 Å². The Morgan fingerprint density at radius 2 is 2.33 bits per heavy atom. The smallest absolute Gasteiger partial charge is 0.258 e. The van der Waals surface area contributed by atoms with E-state index in [1.54, 1.807) is 6.92 Å². The lowest BCUT2D eigenvalue weighted by molar-refractivity contribution is -0.386. The first-order chi connectivity index (χ1) is 5.65. The van der Waals surface area contributed by atoms with Crippen LogP contribution in [0.3, 0.4) is 0 Å². The van der Waals surface area contributed by atoms with E-state index in [-0.39, 0.29) is 5.69 Å². The van der Waals surface area contributed by atoms with Crippen molar-refractivity contribution in [3.05, 3.63) is 22.0 Å². The Hall–Kier alpha value is -1.17. The van der Waals surface area contributed by atoms with Gasteiger partial charge in [-0.25, -0.2) is 9.97 Å². The summed E-state index contributed by atoms with van der Waals surface area (Å²) < 4.78 is 0. The van der Waals surface area contributed by atoms with Crippen LogP contribution in [-0.4, -0.2) is 21.1 Å². The lowest BCUT2D eigenvalue weighted by Crippen LogP contribution is -1.97. The molecule has 0 aromatic carbocycles. The molecule has 0 aliphatic carbocycles. The van der Waals surface area contributed by atoms with E-state index in [2.05, 4.69) is 9.97 Å². The lowest BCUT2D eigenvalue weighted by atomic mass is 10.4. The highest BCUT2D eigenvalue weighted by Gasteiger charge is 2.12. The minimum absolute atomic E-state index is 0.0344. The molecule has 0 radical (unpaired) electrons. The van der Waals surface area contributed by atoms with Crippen molar-refractivity contribution >= 4 is 17.4 Å². The molecule has 0 spiro atoms. The summed E-state index contributed by atoms with van der Waals surface area (Å²) in [7, 11) is 0. The summed E-state index contributed by atoms with van der Waals surface area (Å²) in [5.74, 6) is 0. The van der Waals surface area contributed by atoms with Gasteiger partial charge in [-0.15, -0.1) is 0 Å². The average Bonchev–Trinajstić information content (AvgIpc) is 2.03. The van der Waals surface area contributed by atoms with Gasteiger partial charge in [0.05, 0.1) is 4.92 Å². The van der Waals surface area contributed by atoms with E-state index >= 15 is 0 Å². The van der Waals surface area contributed by atoms with Crippen molar-refractivity contribution in [1.82, 2.24) is 9.97 Å². The number of aryl methyl sites for hydroxylation is 1. The Morgan fingerprint density at radius 1 is 1.67 bits per heavy atom. The maximum atomic E-state index is 10.3. The average molecular weight is 185 g/mol. The standard InChI is InChI=1S/C6H7N3O2S/c1-4-5(9(10)11)3-7-6(8-4)12-2/h3H,1-2H3. The molecule has 64 valence electrons. The molecule has 1 aromatic heterocycles. The molecule has 0 N–H and O–H groups in total. The molecule has 0 bridgehead atoms. The van der Waals surface area contributed by atoms with Crippen LogP contribution in [0.5, 0.6) is 0 Å². The highest BCUT2D eigenvalue weighted by molar-refractivity contribution is 7.98. The number of nitro groups is 1. The van der Waals surface area contributed by atoms with Gasteiger partial charge < -0.3 is 0 Å². The third-order valence-corrected chi connectivity index (χ3v) is 1.87. The van der Waals surface area contributed by atoms with Crippen LogP contribution in [0.2, 0.25) is 0 Å². The fourth-order valence-electron chi connectivity index (χ4n) is 0.717. The van der Waals surface area contributed by atoms with Crippen molar-refractivity contribution in [1.29, 1.82) is 0 Å². The first-order valence-corrected chi connectivity index (χ1v) is 4.39. The Kier molecular flexibility index (Phi) is 2.59. The minimum atomic E-state index is -0.487. The molecule has 0 fully saturated rings. The van der Waals surface area contributed by atoms with Crippen LogP contribution in [0.4, 0.5) is 5.69 Å². The Balaban J connectivity index is 3.12. The summed E-state index contributed by atoms with van der Waals surface area (Å²) in [6, 6.07) is 0. The molecule has 1 rings (SSSR count). The minimum Gasteiger partial charge on any atom is -0.258 e. The zero-order valence-electron chi connectivity index (χ0n) is 6.64. The molecule has 12 heavy (non-hydrogen) atoms. The first kappa shape index (κ1) is 8.92. The van der Waals surface area contributed by atoms with Gasteiger partial charge in [0.1, 0.15) is 11.9 Å². The molecule has 0 saturated heterocycles. The van der Waals surface area contributed by atoms with E-state index in [4.69, 9.17) is 0 Å². The predicted molar refractivity (Wildman–Crippen MR) is 45.2 cm³/mol. The van der Waals surface area contributed by atoms with E-state index in [1.165, 1.54) is 18.0 Å². The van der Waals surface area contributed by atoms with Crippen molar-refractivity contribution in [3.8, 4) is 0 Å². The summed E-state index contributed by atoms with van der Waals surface area (Å²) in [5, 5.41) is 10.9. The molecule has 0 aliphatic heterocycles. The molecule has 1 heterocycles. The van der Waals surface area contributed by atoms with Crippen LogP contribution in [0.1, 0.15) is 5.69 Å².